The Labute approximate surface area is 178 Å². The van der Waals surface area contributed by atoms with E-state index in [1.54, 1.807) is 36.5 Å². The minimum atomic E-state index is -0.319. The highest BCUT2D eigenvalue weighted by atomic mass is 16.5. The highest BCUT2D eigenvalue weighted by Crippen LogP contribution is 2.27. The first-order valence-electron chi connectivity index (χ1n) is 10.6. The smallest absolute Gasteiger partial charge is 0.256 e. The Bertz CT molecular complexity index is 866. The first kappa shape index (κ1) is 21.8. The molecule has 2 N–H and O–H groups in total. The van der Waals surface area contributed by atoms with Crippen molar-refractivity contribution in [3.63, 3.8) is 0 Å². The van der Waals surface area contributed by atoms with Crippen molar-refractivity contribution < 1.29 is 14.3 Å². The Balaban J connectivity index is 1.62. The Morgan fingerprint density at radius 3 is 2.27 bits per heavy atom. The minimum Gasteiger partial charge on any atom is -0.489 e. The van der Waals surface area contributed by atoms with E-state index in [4.69, 9.17) is 4.74 Å². The molecule has 0 spiro atoms. The fourth-order valence-corrected chi connectivity index (χ4v) is 3.53. The molecular weight excluding hydrogens is 378 g/mol. The van der Waals surface area contributed by atoms with Crippen LogP contribution in [0.25, 0.3) is 0 Å². The van der Waals surface area contributed by atoms with Crippen LogP contribution in [0, 0.1) is 5.92 Å². The van der Waals surface area contributed by atoms with Crippen molar-refractivity contribution in [3.05, 3.63) is 53.7 Å². The average Bonchev–Trinajstić information content (AvgIpc) is 2.73. The number of carbonyl (C=O) groups is 2. The van der Waals surface area contributed by atoms with Crippen LogP contribution in [-0.2, 0) is 0 Å². The van der Waals surface area contributed by atoms with Crippen molar-refractivity contribution in [1.82, 2.24) is 10.3 Å². The molecule has 1 saturated carbocycles. The van der Waals surface area contributed by atoms with E-state index in [-0.39, 0.29) is 17.4 Å². The number of hydrogen-bond acceptors (Lipinski definition) is 4. The quantitative estimate of drug-likeness (QED) is 0.717. The molecule has 0 atom stereocenters. The van der Waals surface area contributed by atoms with E-state index in [0.717, 1.165) is 0 Å². The summed E-state index contributed by atoms with van der Waals surface area (Å²) in [6, 6.07) is 10.2. The molecule has 0 unspecified atom stereocenters. The lowest BCUT2D eigenvalue weighted by Gasteiger charge is -2.22. The number of hydrogen-bond donors (Lipinski definition) is 2. The zero-order chi connectivity index (χ0) is 21.6. The average molecular weight is 410 g/mol. The molecule has 1 aromatic carbocycles. The number of rotatable bonds is 6. The summed E-state index contributed by atoms with van der Waals surface area (Å²) in [5.41, 5.74) is 0.641. The molecule has 2 aromatic rings. The van der Waals surface area contributed by atoms with Crippen LogP contribution >= 0.6 is 0 Å². The van der Waals surface area contributed by atoms with Gasteiger partial charge in [-0.2, -0.15) is 0 Å². The van der Waals surface area contributed by atoms with Crippen molar-refractivity contribution in [3.8, 4) is 5.75 Å². The molecule has 0 aliphatic heterocycles. The maximum absolute atomic E-state index is 12.7. The number of anilines is 1. The highest BCUT2D eigenvalue weighted by Gasteiger charge is 2.18. The molecule has 0 bridgehead atoms. The van der Waals surface area contributed by atoms with Gasteiger partial charge in [0.15, 0.2) is 11.6 Å². The second-order valence-electron chi connectivity index (χ2n) is 8.90. The standard InChI is InChI=1S/C24H31N3O3/c1-24(2,3)27-23(29)19-13-11-18(12-14-19)22(28)26-21-20(10-7-15-25-21)30-16-17-8-5-4-6-9-17/h7,10-15,17H,4-6,8-9,16H2,1-3H3,(H,27,29)(H,25,26,28). The van der Waals surface area contributed by atoms with Gasteiger partial charge in [0.1, 0.15) is 0 Å². The van der Waals surface area contributed by atoms with E-state index in [1.807, 2.05) is 26.8 Å². The van der Waals surface area contributed by atoms with Gasteiger partial charge in [-0.25, -0.2) is 4.98 Å². The van der Waals surface area contributed by atoms with Gasteiger partial charge in [-0.15, -0.1) is 0 Å². The van der Waals surface area contributed by atoms with E-state index < -0.39 is 0 Å². The number of benzene rings is 1. The van der Waals surface area contributed by atoms with Gasteiger partial charge in [0.25, 0.3) is 11.8 Å². The van der Waals surface area contributed by atoms with E-state index in [0.29, 0.717) is 35.2 Å². The highest BCUT2D eigenvalue weighted by molar-refractivity contribution is 6.05. The monoisotopic (exact) mass is 409 g/mol. The normalized spacial score (nSPS) is 14.8. The Morgan fingerprint density at radius 2 is 1.63 bits per heavy atom. The Morgan fingerprint density at radius 1 is 1.00 bits per heavy atom. The molecule has 30 heavy (non-hydrogen) atoms. The van der Waals surface area contributed by atoms with Crippen molar-refractivity contribution in [1.29, 1.82) is 0 Å². The summed E-state index contributed by atoms with van der Waals surface area (Å²) < 4.78 is 5.98. The van der Waals surface area contributed by atoms with Gasteiger partial charge in [-0.1, -0.05) is 19.3 Å². The molecule has 1 aliphatic rings. The summed E-state index contributed by atoms with van der Waals surface area (Å²) in [5.74, 6) is 1.09. The first-order chi connectivity index (χ1) is 14.3. The van der Waals surface area contributed by atoms with Crippen LogP contribution in [0.4, 0.5) is 5.82 Å². The van der Waals surface area contributed by atoms with Crippen molar-refractivity contribution in [2.24, 2.45) is 5.92 Å². The van der Waals surface area contributed by atoms with Gasteiger partial charge in [0, 0.05) is 22.9 Å². The number of aromatic nitrogens is 1. The molecule has 1 heterocycles. The van der Waals surface area contributed by atoms with Gasteiger partial charge >= 0.3 is 0 Å². The SMILES string of the molecule is CC(C)(C)NC(=O)c1ccc(C(=O)Nc2ncccc2OCC2CCCCC2)cc1. The molecule has 0 saturated heterocycles. The Kier molecular flexibility index (Phi) is 7.08. The third-order valence-electron chi connectivity index (χ3n) is 5.10. The maximum Gasteiger partial charge on any atom is 0.256 e. The second kappa shape index (κ2) is 9.74. The largest absolute Gasteiger partial charge is 0.489 e. The molecular formula is C24H31N3O3. The van der Waals surface area contributed by atoms with Crippen LogP contribution in [0.5, 0.6) is 5.75 Å². The van der Waals surface area contributed by atoms with Gasteiger partial charge in [0.2, 0.25) is 0 Å². The van der Waals surface area contributed by atoms with Crippen LogP contribution in [0.2, 0.25) is 0 Å². The fourth-order valence-electron chi connectivity index (χ4n) is 3.53. The second-order valence-corrected chi connectivity index (χ2v) is 8.90. The van der Waals surface area contributed by atoms with Crippen molar-refractivity contribution in [2.75, 3.05) is 11.9 Å². The van der Waals surface area contributed by atoms with Crippen LogP contribution in [0.1, 0.15) is 73.6 Å². The van der Waals surface area contributed by atoms with Crippen molar-refractivity contribution in [2.45, 2.75) is 58.4 Å². The number of nitrogens with one attached hydrogen (secondary N) is 2. The van der Waals surface area contributed by atoms with E-state index in [2.05, 4.69) is 15.6 Å². The molecule has 1 aromatic heterocycles. The molecule has 2 amide bonds. The summed E-state index contributed by atoms with van der Waals surface area (Å²) >= 11 is 0. The number of pyridine rings is 1. The van der Waals surface area contributed by atoms with E-state index >= 15 is 0 Å². The Hall–Kier alpha value is -2.89. The lowest BCUT2D eigenvalue weighted by molar-refractivity contribution is 0.0918. The predicted molar refractivity (Wildman–Crippen MR) is 118 cm³/mol. The van der Waals surface area contributed by atoms with Crippen molar-refractivity contribution >= 4 is 17.6 Å². The topological polar surface area (TPSA) is 80.3 Å². The molecule has 3 rings (SSSR count). The van der Waals surface area contributed by atoms with Gasteiger partial charge in [-0.3, -0.25) is 9.59 Å². The summed E-state index contributed by atoms with van der Waals surface area (Å²) in [6.45, 7) is 6.42. The molecule has 0 radical (unpaired) electrons. The van der Waals surface area contributed by atoms with Gasteiger partial charge < -0.3 is 15.4 Å². The molecule has 6 nitrogen and oxygen atoms in total. The van der Waals surface area contributed by atoms with Crippen LogP contribution < -0.4 is 15.4 Å². The number of carbonyl (C=O) groups excluding carboxylic acids is 2. The zero-order valence-electron chi connectivity index (χ0n) is 18.0. The predicted octanol–water partition coefficient (Wildman–Crippen LogP) is 4.82. The molecule has 160 valence electrons. The third kappa shape index (κ3) is 6.31. The van der Waals surface area contributed by atoms with E-state index in [9.17, 15) is 9.59 Å². The molecule has 1 aliphatic carbocycles. The zero-order valence-corrected chi connectivity index (χ0v) is 18.0. The summed E-state index contributed by atoms with van der Waals surface area (Å²) in [7, 11) is 0. The summed E-state index contributed by atoms with van der Waals surface area (Å²) in [6.07, 6.45) is 7.83. The van der Waals surface area contributed by atoms with Crippen LogP contribution in [-0.4, -0.2) is 28.9 Å². The van der Waals surface area contributed by atoms with Gasteiger partial charge in [-0.05, 0) is 75.9 Å². The molecule has 6 heteroatoms. The fraction of sp³-hybridized carbons (Fsp3) is 0.458. The molecule has 1 fully saturated rings. The summed E-state index contributed by atoms with van der Waals surface area (Å²) in [4.78, 5) is 29.2. The maximum atomic E-state index is 12.7. The lowest BCUT2D eigenvalue weighted by atomic mass is 9.90. The van der Waals surface area contributed by atoms with Crippen LogP contribution in [0.3, 0.4) is 0 Å². The minimum absolute atomic E-state index is 0.169. The van der Waals surface area contributed by atoms with Gasteiger partial charge in [0.05, 0.1) is 6.61 Å². The summed E-state index contributed by atoms with van der Waals surface area (Å²) in [5, 5.41) is 5.73. The number of nitrogens with zero attached hydrogens (tertiary/aromatic N) is 1. The van der Waals surface area contributed by atoms with Crippen LogP contribution in [0.15, 0.2) is 42.6 Å². The number of ether oxygens (including phenoxy) is 1. The number of amides is 2. The third-order valence-corrected chi connectivity index (χ3v) is 5.10. The first-order valence-corrected chi connectivity index (χ1v) is 10.6. The lowest BCUT2D eigenvalue weighted by Crippen LogP contribution is -2.40. The van der Waals surface area contributed by atoms with E-state index in [1.165, 1.54) is 32.1 Å².